The third-order valence-corrected chi connectivity index (χ3v) is 3.73. The van der Waals surface area contributed by atoms with E-state index in [1.165, 1.54) is 11.1 Å². The summed E-state index contributed by atoms with van der Waals surface area (Å²) in [5.74, 6) is 1.93. The number of hydrogen-bond donors (Lipinski definition) is 2. The number of nitrogens with zero attached hydrogens (tertiary/aromatic N) is 1. The van der Waals surface area contributed by atoms with Gasteiger partial charge in [-0.05, 0) is 43.9 Å². The van der Waals surface area contributed by atoms with Gasteiger partial charge in [-0.2, -0.15) is 0 Å². The topological polar surface area (TPSA) is 54.9 Å². The van der Waals surface area contributed by atoms with Crippen molar-refractivity contribution < 1.29 is 9.47 Å². The van der Waals surface area contributed by atoms with Crippen molar-refractivity contribution in [2.75, 3.05) is 39.5 Å². The minimum Gasteiger partial charge on any atom is -0.493 e. The van der Waals surface area contributed by atoms with Crippen molar-refractivity contribution in [2.45, 2.75) is 33.1 Å². The lowest BCUT2D eigenvalue weighted by Crippen LogP contribution is -2.38. The second kappa shape index (κ2) is 12.4. The Kier molecular flexibility index (Phi) is 10.8. The van der Waals surface area contributed by atoms with Gasteiger partial charge < -0.3 is 20.1 Å². The van der Waals surface area contributed by atoms with E-state index in [4.69, 9.17) is 9.47 Å². The molecule has 136 valence electrons. The fourth-order valence-corrected chi connectivity index (χ4v) is 2.56. The molecule has 0 bridgehead atoms. The Morgan fingerprint density at radius 3 is 2.96 bits per heavy atom. The van der Waals surface area contributed by atoms with E-state index in [0.29, 0.717) is 0 Å². The summed E-state index contributed by atoms with van der Waals surface area (Å²) in [5.41, 5.74) is 2.67. The average molecular weight is 447 g/mol. The summed E-state index contributed by atoms with van der Waals surface area (Å²) >= 11 is 0. The van der Waals surface area contributed by atoms with Crippen LogP contribution in [0.25, 0.3) is 0 Å². The van der Waals surface area contributed by atoms with Gasteiger partial charge in [-0.15, -0.1) is 24.0 Å². The molecular weight excluding hydrogens is 417 g/mol. The molecule has 2 rings (SSSR count). The molecule has 0 spiro atoms. The number of benzene rings is 1. The molecule has 2 N–H and O–H groups in total. The highest BCUT2D eigenvalue weighted by molar-refractivity contribution is 14.0. The highest BCUT2D eigenvalue weighted by atomic mass is 127. The smallest absolute Gasteiger partial charge is 0.191 e. The van der Waals surface area contributed by atoms with E-state index in [1.54, 1.807) is 0 Å². The molecule has 0 saturated carbocycles. The van der Waals surface area contributed by atoms with Gasteiger partial charge in [-0.25, -0.2) is 0 Å². The first-order valence-corrected chi connectivity index (χ1v) is 8.68. The van der Waals surface area contributed by atoms with Crippen LogP contribution in [0.4, 0.5) is 0 Å². The van der Waals surface area contributed by atoms with E-state index in [0.717, 1.165) is 70.4 Å². The van der Waals surface area contributed by atoms with Crippen LogP contribution < -0.4 is 15.4 Å². The van der Waals surface area contributed by atoms with Gasteiger partial charge in [-0.1, -0.05) is 12.1 Å². The molecule has 1 heterocycles. The van der Waals surface area contributed by atoms with E-state index in [-0.39, 0.29) is 24.0 Å². The molecule has 0 radical (unpaired) electrons. The lowest BCUT2D eigenvalue weighted by atomic mass is 10.1. The molecular formula is C18H30IN3O2. The molecule has 0 aliphatic carbocycles. The number of hydrogen-bond acceptors (Lipinski definition) is 3. The lowest BCUT2D eigenvalue weighted by Gasteiger charge is -2.11. The van der Waals surface area contributed by atoms with E-state index >= 15 is 0 Å². The molecule has 1 aliphatic rings. The molecule has 0 fully saturated rings. The van der Waals surface area contributed by atoms with Gasteiger partial charge >= 0.3 is 0 Å². The number of ether oxygens (including phenoxy) is 2. The van der Waals surface area contributed by atoms with Crippen molar-refractivity contribution in [2.24, 2.45) is 4.99 Å². The molecule has 5 nitrogen and oxygen atoms in total. The number of guanidine groups is 1. The molecule has 1 aromatic carbocycles. The maximum absolute atomic E-state index is 5.55. The molecule has 0 amide bonds. The summed E-state index contributed by atoms with van der Waals surface area (Å²) in [4.78, 5) is 4.57. The summed E-state index contributed by atoms with van der Waals surface area (Å²) in [6.45, 7) is 8.98. The van der Waals surface area contributed by atoms with E-state index < -0.39 is 0 Å². The Labute approximate surface area is 162 Å². The zero-order valence-electron chi connectivity index (χ0n) is 14.8. The van der Waals surface area contributed by atoms with Crippen LogP contribution in [0.15, 0.2) is 23.2 Å². The predicted molar refractivity (Wildman–Crippen MR) is 110 cm³/mol. The molecule has 1 aromatic rings. The van der Waals surface area contributed by atoms with Crippen LogP contribution in [0.1, 0.15) is 31.4 Å². The van der Waals surface area contributed by atoms with Crippen molar-refractivity contribution in [3.05, 3.63) is 29.3 Å². The highest BCUT2D eigenvalue weighted by Crippen LogP contribution is 2.25. The summed E-state index contributed by atoms with van der Waals surface area (Å²) < 4.78 is 10.9. The zero-order chi connectivity index (χ0) is 16.3. The fourth-order valence-electron chi connectivity index (χ4n) is 2.56. The fraction of sp³-hybridized carbons (Fsp3) is 0.611. The van der Waals surface area contributed by atoms with Crippen molar-refractivity contribution in [1.82, 2.24) is 10.6 Å². The quantitative estimate of drug-likeness (QED) is 0.265. The number of fused-ring (bicyclic) bond motifs is 1. The minimum absolute atomic E-state index is 0. The van der Waals surface area contributed by atoms with Gasteiger partial charge in [0.15, 0.2) is 5.96 Å². The largest absolute Gasteiger partial charge is 0.493 e. The summed E-state index contributed by atoms with van der Waals surface area (Å²) in [6, 6.07) is 6.50. The molecule has 0 aromatic heterocycles. The van der Waals surface area contributed by atoms with Gasteiger partial charge in [0.2, 0.25) is 0 Å². The third kappa shape index (κ3) is 7.25. The van der Waals surface area contributed by atoms with Gasteiger partial charge in [0.1, 0.15) is 5.75 Å². The number of rotatable bonds is 9. The van der Waals surface area contributed by atoms with Gasteiger partial charge in [0.05, 0.1) is 6.61 Å². The Morgan fingerprint density at radius 1 is 1.29 bits per heavy atom. The van der Waals surface area contributed by atoms with Crippen molar-refractivity contribution in [1.29, 1.82) is 0 Å². The van der Waals surface area contributed by atoms with Gasteiger partial charge in [-0.3, -0.25) is 4.99 Å². The molecule has 1 aliphatic heterocycles. The molecule has 0 saturated heterocycles. The van der Waals surface area contributed by atoms with E-state index in [2.05, 4.69) is 40.7 Å². The van der Waals surface area contributed by atoms with Crippen LogP contribution >= 0.6 is 24.0 Å². The Morgan fingerprint density at radius 2 is 2.17 bits per heavy atom. The maximum atomic E-state index is 5.55. The number of aliphatic imine (C=N–C) groups is 1. The Balaban J connectivity index is 0.00000288. The number of nitrogens with one attached hydrogen (secondary N) is 2. The normalized spacial score (nSPS) is 13.0. The maximum Gasteiger partial charge on any atom is 0.191 e. The van der Waals surface area contributed by atoms with Crippen LogP contribution in [-0.4, -0.2) is 45.4 Å². The SMILES string of the molecule is CCNC(=NCCCOCC)NCCc1ccc2c(c1)CCO2.I. The standard InChI is InChI=1S/C18H29N3O2.HI/c1-3-19-18(20-10-5-12-22-4-2)21-11-8-15-6-7-17-16(14-15)9-13-23-17;/h6-7,14H,3-5,8-13H2,1-2H3,(H2,19,20,21);1H. The first-order chi connectivity index (χ1) is 11.3. The van der Waals surface area contributed by atoms with Crippen LogP contribution in [0.3, 0.4) is 0 Å². The summed E-state index contributed by atoms with van der Waals surface area (Å²) in [6.07, 6.45) is 2.96. The van der Waals surface area contributed by atoms with Gasteiger partial charge in [0.25, 0.3) is 0 Å². The van der Waals surface area contributed by atoms with Crippen LogP contribution in [0.2, 0.25) is 0 Å². The van der Waals surface area contributed by atoms with Crippen LogP contribution in [0, 0.1) is 0 Å². The molecule has 24 heavy (non-hydrogen) atoms. The second-order valence-electron chi connectivity index (χ2n) is 5.53. The van der Waals surface area contributed by atoms with Crippen molar-refractivity contribution in [3.63, 3.8) is 0 Å². The van der Waals surface area contributed by atoms with Crippen molar-refractivity contribution in [3.8, 4) is 5.75 Å². The zero-order valence-corrected chi connectivity index (χ0v) is 17.1. The molecule has 0 unspecified atom stereocenters. The predicted octanol–water partition coefficient (Wildman–Crippen LogP) is 2.76. The van der Waals surface area contributed by atoms with Gasteiger partial charge in [0, 0.05) is 39.3 Å². The monoisotopic (exact) mass is 447 g/mol. The molecule has 6 heteroatoms. The first-order valence-electron chi connectivity index (χ1n) is 8.68. The van der Waals surface area contributed by atoms with Crippen molar-refractivity contribution >= 4 is 29.9 Å². The summed E-state index contributed by atoms with van der Waals surface area (Å²) in [7, 11) is 0. The average Bonchev–Trinajstić information content (AvgIpc) is 3.02. The van der Waals surface area contributed by atoms with Crippen LogP contribution in [-0.2, 0) is 17.6 Å². The van der Waals surface area contributed by atoms with E-state index in [9.17, 15) is 0 Å². The minimum atomic E-state index is 0. The Hall–Kier alpha value is -1.02. The summed E-state index contributed by atoms with van der Waals surface area (Å²) in [5, 5.41) is 6.67. The van der Waals surface area contributed by atoms with E-state index in [1.807, 2.05) is 6.92 Å². The van der Waals surface area contributed by atoms with Crippen LogP contribution in [0.5, 0.6) is 5.75 Å². The third-order valence-electron chi connectivity index (χ3n) is 3.73. The highest BCUT2D eigenvalue weighted by Gasteiger charge is 2.11. The number of halogens is 1. The lowest BCUT2D eigenvalue weighted by molar-refractivity contribution is 0.146. The second-order valence-corrected chi connectivity index (χ2v) is 5.53. The first kappa shape index (κ1) is 21.0. The molecule has 0 atom stereocenters. The Bertz CT molecular complexity index is 509.